The van der Waals surface area contributed by atoms with E-state index in [1.807, 2.05) is 0 Å². The van der Waals surface area contributed by atoms with Crippen molar-refractivity contribution in [3.63, 3.8) is 0 Å². The maximum absolute atomic E-state index is 4.67. The van der Waals surface area contributed by atoms with Gasteiger partial charge in [0.05, 0.1) is 17.6 Å². The highest BCUT2D eigenvalue weighted by atomic mass is 15.2. The third-order valence-electron chi connectivity index (χ3n) is 4.35. The topological polar surface area (TPSA) is 28.2 Å². The first-order valence-corrected chi connectivity index (χ1v) is 8.22. The maximum Gasteiger partial charge on any atom is 0.0572 e. The molecule has 1 unspecified atom stereocenters. The van der Waals surface area contributed by atoms with Gasteiger partial charge < -0.3 is 10.2 Å². The molecule has 2 rings (SSSR count). The largest absolute Gasteiger partial charge is 0.368 e. The van der Waals surface area contributed by atoms with E-state index in [9.17, 15) is 0 Å². The maximum atomic E-state index is 4.67. The van der Waals surface area contributed by atoms with Crippen molar-refractivity contribution in [2.24, 2.45) is 0 Å². The highest BCUT2D eigenvalue weighted by molar-refractivity contribution is 5.46. The van der Waals surface area contributed by atoms with Gasteiger partial charge in [0.15, 0.2) is 0 Å². The lowest BCUT2D eigenvalue weighted by molar-refractivity contribution is 0.557. The molecule has 1 atom stereocenters. The number of hydrogen-bond acceptors (Lipinski definition) is 3. The van der Waals surface area contributed by atoms with Crippen LogP contribution in [0.1, 0.15) is 64.6 Å². The van der Waals surface area contributed by atoms with E-state index in [0.717, 1.165) is 31.2 Å². The summed E-state index contributed by atoms with van der Waals surface area (Å²) in [5.74, 6) is 0. The summed E-state index contributed by atoms with van der Waals surface area (Å²) in [7, 11) is 0. The Hall–Kier alpha value is -1.09. The average Bonchev–Trinajstić information content (AvgIpc) is 3.00. The van der Waals surface area contributed by atoms with Gasteiger partial charge in [-0.05, 0) is 51.8 Å². The first-order valence-electron chi connectivity index (χ1n) is 8.22. The molecule has 0 bridgehead atoms. The number of nitrogens with zero attached hydrogens (tertiary/aromatic N) is 2. The zero-order valence-corrected chi connectivity index (χ0v) is 13.2. The summed E-state index contributed by atoms with van der Waals surface area (Å²) in [6.07, 6.45) is 8.65. The molecule has 1 fully saturated rings. The fraction of sp³-hybridized carbons (Fsp3) is 0.706. The van der Waals surface area contributed by atoms with Crippen LogP contribution in [0.2, 0.25) is 0 Å². The Labute approximate surface area is 123 Å². The molecule has 0 spiro atoms. The lowest BCUT2D eigenvalue weighted by Gasteiger charge is -2.29. The van der Waals surface area contributed by atoms with Gasteiger partial charge in [0.25, 0.3) is 0 Å². The summed E-state index contributed by atoms with van der Waals surface area (Å²) in [5.41, 5.74) is 2.43. The predicted octanol–water partition coefficient (Wildman–Crippen LogP) is 3.91. The molecule has 3 heteroatoms. The molecule has 0 aliphatic heterocycles. The second kappa shape index (κ2) is 7.63. The highest BCUT2D eigenvalue weighted by Gasteiger charge is 2.21. The van der Waals surface area contributed by atoms with Gasteiger partial charge in [0, 0.05) is 18.6 Å². The number of aromatic nitrogens is 1. The Morgan fingerprint density at radius 1 is 1.30 bits per heavy atom. The standard InChI is InChI=1S/C17H29N3/c1-4-12-18-14(3)17-11-10-16(13-19-17)20(5-2)15-8-6-7-9-15/h10-11,13-15,18H,4-9,12H2,1-3H3. The minimum absolute atomic E-state index is 0.338. The molecule has 1 N–H and O–H groups in total. The molecular formula is C17H29N3. The fourth-order valence-electron chi connectivity index (χ4n) is 3.16. The van der Waals surface area contributed by atoms with Crippen molar-refractivity contribution in [3.05, 3.63) is 24.0 Å². The molecule has 0 radical (unpaired) electrons. The number of nitrogens with one attached hydrogen (secondary N) is 1. The minimum atomic E-state index is 0.338. The quantitative estimate of drug-likeness (QED) is 0.817. The zero-order valence-electron chi connectivity index (χ0n) is 13.2. The van der Waals surface area contributed by atoms with Gasteiger partial charge in [-0.15, -0.1) is 0 Å². The Bertz CT molecular complexity index is 382. The number of anilines is 1. The molecule has 1 saturated carbocycles. The monoisotopic (exact) mass is 275 g/mol. The number of pyridine rings is 1. The van der Waals surface area contributed by atoms with Gasteiger partial charge >= 0.3 is 0 Å². The van der Waals surface area contributed by atoms with Crippen LogP contribution in [0.25, 0.3) is 0 Å². The molecule has 1 aromatic rings. The van der Waals surface area contributed by atoms with E-state index in [4.69, 9.17) is 0 Å². The van der Waals surface area contributed by atoms with E-state index < -0.39 is 0 Å². The molecule has 0 amide bonds. The SMILES string of the molecule is CCCNC(C)c1ccc(N(CC)C2CCCC2)cn1. The van der Waals surface area contributed by atoms with Crippen molar-refractivity contribution in [1.82, 2.24) is 10.3 Å². The molecule has 1 aliphatic rings. The van der Waals surface area contributed by atoms with E-state index in [1.165, 1.54) is 31.4 Å². The number of hydrogen-bond donors (Lipinski definition) is 1. The third kappa shape index (κ3) is 3.72. The van der Waals surface area contributed by atoms with Crippen LogP contribution < -0.4 is 10.2 Å². The van der Waals surface area contributed by atoms with Gasteiger partial charge in [-0.2, -0.15) is 0 Å². The van der Waals surface area contributed by atoms with Crippen molar-refractivity contribution in [2.75, 3.05) is 18.0 Å². The van der Waals surface area contributed by atoms with Crippen molar-refractivity contribution >= 4 is 5.69 Å². The van der Waals surface area contributed by atoms with Gasteiger partial charge in [-0.3, -0.25) is 4.98 Å². The summed E-state index contributed by atoms with van der Waals surface area (Å²) in [6.45, 7) is 8.75. The van der Waals surface area contributed by atoms with E-state index in [2.05, 4.69) is 54.3 Å². The smallest absolute Gasteiger partial charge is 0.0572 e. The minimum Gasteiger partial charge on any atom is -0.368 e. The third-order valence-corrected chi connectivity index (χ3v) is 4.35. The van der Waals surface area contributed by atoms with E-state index >= 15 is 0 Å². The van der Waals surface area contributed by atoms with Crippen LogP contribution in [0.5, 0.6) is 0 Å². The first-order chi connectivity index (χ1) is 9.76. The van der Waals surface area contributed by atoms with Crippen LogP contribution in [0.4, 0.5) is 5.69 Å². The van der Waals surface area contributed by atoms with E-state index in [-0.39, 0.29) is 0 Å². The molecule has 1 aromatic heterocycles. The normalized spacial score (nSPS) is 17.4. The molecule has 20 heavy (non-hydrogen) atoms. The molecular weight excluding hydrogens is 246 g/mol. The molecule has 1 aliphatic carbocycles. The lowest BCUT2D eigenvalue weighted by atomic mass is 10.1. The summed E-state index contributed by atoms with van der Waals surface area (Å²) in [6, 6.07) is 5.49. The summed E-state index contributed by atoms with van der Waals surface area (Å²) in [5, 5.41) is 3.49. The van der Waals surface area contributed by atoms with Gasteiger partial charge in [0.1, 0.15) is 0 Å². The Balaban J connectivity index is 2.02. The van der Waals surface area contributed by atoms with Gasteiger partial charge in [-0.25, -0.2) is 0 Å². The fourth-order valence-corrected chi connectivity index (χ4v) is 3.16. The Morgan fingerprint density at radius 3 is 2.60 bits per heavy atom. The first kappa shape index (κ1) is 15.3. The average molecular weight is 275 g/mol. The second-order valence-corrected chi connectivity index (χ2v) is 5.84. The second-order valence-electron chi connectivity index (χ2n) is 5.84. The van der Waals surface area contributed by atoms with Crippen LogP contribution in [0, 0.1) is 0 Å². The van der Waals surface area contributed by atoms with Crippen molar-refractivity contribution in [1.29, 1.82) is 0 Å². The molecule has 112 valence electrons. The molecule has 3 nitrogen and oxygen atoms in total. The van der Waals surface area contributed by atoms with E-state index in [1.54, 1.807) is 0 Å². The summed E-state index contributed by atoms with van der Waals surface area (Å²) in [4.78, 5) is 7.19. The summed E-state index contributed by atoms with van der Waals surface area (Å²) >= 11 is 0. The van der Waals surface area contributed by atoms with Crippen LogP contribution >= 0.6 is 0 Å². The van der Waals surface area contributed by atoms with Crippen LogP contribution in [0.15, 0.2) is 18.3 Å². The zero-order chi connectivity index (χ0) is 14.4. The highest BCUT2D eigenvalue weighted by Crippen LogP contribution is 2.28. The van der Waals surface area contributed by atoms with E-state index in [0.29, 0.717) is 6.04 Å². The molecule has 1 heterocycles. The van der Waals surface area contributed by atoms with Crippen LogP contribution in [-0.2, 0) is 0 Å². The Morgan fingerprint density at radius 2 is 2.05 bits per heavy atom. The van der Waals surface area contributed by atoms with Crippen molar-refractivity contribution in [3.8, 4) is 0 Å². The van der Waals surface area contributed by atoms with Crippen molar-refractivity contribution < 1.29 is 0 Å². The predicted molar refractivity (Wildman–Crippen MR) is 86.2 cm³/mol. The Kier molecular flexibility index (Phi) is 5.84. The lowest BCUT2D eigenvalue weighted by Crippen LogP contribution is -2.33. The van der Waals surface area contributed by atoms with Gasteiger partial charge in [0.2, 0.25) is 0 Å². The van der Waals surface area contributed by atoms with Crippen LogP contribution in [0.3, 0.4) is 0 Å². The van der Waals surface area contributed by atoms with Crippen molar-refractivity contribution in [2.45, 2.75) is 65.0 Å². The summed E-state index contributed by atoms with van der Waals surface area (Å²) < 4.78 is 0. The number of rotatable bonds is 7. The van der Waals surface area contributed by atoms with Crippen LogP contribution in [-0.4, -0.2) is 24.1 Å². The molecule has 0 saturated heterocycles. The molecule has 0 aromatic carbocycles. The van der Waals surface area contributed by atoms with Gasteiger partial charge in [-0.1, -0.05) is 19.8 Å².